The molecule has 0 radical (unpaired) electrons. The van der Waals surface area contributed by atoms with Gasteiger partial charge in [-0.2, -0.15) is 0 Å². The van der Waals surface area contributed by atoms with Crippen LogP contribution in [0, 0.1) is 5.82 Å². The summed E-state index contributed by atoms with van der Waals surface area (Å²) < 4.78 is 40.8. The highest BCUT2D eigenvalue weighted by Crippen LogP contribution is 2.35. The summed E-state index contributed by atoms with van der Waals surface area (Å²) in [5.41, 5.74) is 0.816. The Bertz CT molecular complexity index is 899. The van der Waals surface area contributed by atoms with Crippen molar-refractivity contribution in [2.45, 2.75) is 48.6 Å². The molecule has 1 atom stereocenters. The van der Waals surface area contributed by atoms with Crippen LogP contribution in [0.3, 0.4) is 0 Å². The molecular weight excluding hydrogens is 413 g/mol. The van der Waals surface area contributed by atoms with E-state index in [1.807, 2.05) is 18.4 Å². The van der Waals surface area contributed by atoms with Gasteiger partial charge in [0.15, 0.2) is 0 Å². The fourth-order valence-corrected chi connectivity index (χ4v) is 4.31. The van der Waals surface area contributed by atoms with E-state index in [2.05, 4.69) is 5.32 Å². The molecule has 1 unspecified atom stereocenters. The molecule has 1 saturated carbocycles. The maximum atomic E-state index is 13.8. The van der Waals surface area contributed by atoms with Gasteiger partial charge in [-0.05, 0) is 48.9 Å². The number of thioether (sulfide) groups is 1. The molecule has 2 amide bonds. The lowest BCUT2D eigenvalue weighted by atomic mass is 9.91. The third-order valence-corrected chi connectivity index (χ3v) is 6.06. The lowest BCUT2D eigenvalue weighted by Gasteiger charge is -2.33. The Morgan fingerprint density at radius 2 is 1.90 bits per heavy atom. The third kappa shape index (κ3) is 5.16. The van der Waals surface area contributed by atoms with Gasteiger partial charge in [0.2, 0.25) is 18.2 Å². The Morgan fingerprint density at radius 1 is 1.20 bits per heavy atom. The molecule has 0 heterocycles. The van der Waals surface area contributed by atoms with Crippen molar-refractivity contribution in [2.24, 2.45) is 0 Å². The van der Waals surface area contributed by atoms with Gasteiger partial charge < -0.3 is 5.32 Å². The molecule has 0 aromatic heterocycles. The minimum atomic E-state index is -2.71. The van der Waals surface area contributed by atoms with E-state index in [9.17, 15) is 22.8 Å². The summed E-state index contributed by atoms with van der Waals surface area (Å²) in [5, 5.41) is 2.83. The predicted molar refractivity (Wildman–Crippen MR) is 111 cm³/mol. The molecule has 4 nitrogen and oxygen atoms in total. The number of amides is 2. The van der Waals surface area contributed by atoms with E-state index in [1.54, 1.807) is 18.2 Å². The average molecular weight is 436 g/mol. The van der Waals surface area contributed by atoms with Crippen molar-refractivity contribution in [3.8, 4) is 0 Å². The molecule has 2 aromatic rings. The largest absolute Gasteiger partial charge is 0.351 e. The fourth-order valence-electron chi connectivity index (χ4n) is 3.68. The molecule has 0 aliphatic heterocycles. The van der Waals surface area contributed by atoms with E-state index in [-0.39, 0.29) is 31.4 Å². The van der Waals surface area contributed by atoms with Crippen LogP contribution in [0.5, 0.6) is 0 Å². The Kier molecular flexibility index (Phi) is 7.07. The summed E-state index contributed by atoms with van der Waals surface area (Å²) in [4.78, 5) is 27.3. The molecule has 160 valence electrons. The second-order valence-corrected chi connectivity index (χ2v) is 8.12. The Morgan fingerprint density at radius 3 is 2.53 bits per heavy atom. The van der Waals surface area contributed by atoms with E-state index < -0.39 is 29.7 Å². The Balaban J connectivity index is 1.95. The number of nitrogens with zero attached hydrogens (tertiary/aromatic N) is 1. The van der Waals surface area contributed by atoms with Gasteiger partial charge in [-0.15, -0.1) is 11.8 Å². The van der Waals surface area contributed by atoms with E-state index in [0.29, 0.717) is 12.0 Å². The molecule has 1 fully saturated rings. The molecule has 3 rings (SSSR count). The highest BCUT2D eigenvalue weighted by Gasteiger charge is 2.37. The van der Waals surface area contributed by atoms with Crippen molar-refractivity contribution < 1.29 is 22.8 Å². The van der Waals surface area contributed by atoms with Crippen LogP contribution in [0.1, 0.15) is 37.3 Å². The Hall–Kier alpha value is -2.48. The second-order valence-electron chi connectivity index (χ2n) is 7.28. The highest BCUT2D eigenvalue weighted by atomic mass is 32.2. The van der Waals surface area contributed by atoms with Crippen molar-refractivity contribution in [2.75, 3.05) is 11.2 Å². The van der Waals surface area contributed by atoms with Crippen molar-refractivity contribution in [1.29, 1.82) is 0 Å². The fraction of sp³-hybridized carbons (Fsp3) is 0.364. The molecule has 0 bridgehead atoms. The maximum absolute atomic E-state index is 13.8. The van der Waals surface area contributed by atoms with E-state index >= 15 is 0 Å². The topological polar surface area (TPSA) is 49.4 Å². The minimum Gasteiger partial charge on any atom is -0.351 e. The van der Waals surface area contributed by atoms with E-state index in [0.717, 1.165) is 4.90 Å². The van der Waals surface area contributed by atoms with Crippen LogP contribution < -0.4 is 10.2 Å². The zero-order chi connectivity index (χ0) is 21.7. The first kappa shape index (κ1) is 22.2. The van der Waals surface area contributed by atoms with Gasteiger partial charge >= 0.3 is 0 Å². The Labute approximate surface area is 177 Å². The number of anilines is 1. The third-order valence-electron chi connectivity index (χ3n) is 5.24. The van der Waals surface area contributed by atoms with Crippen LogP contribution in [0.4, 0.5) is 18.9 Å². The lowest BCUT2D eigenvalue weighted by molar-refractivity contribution is -0.125. The van der Waals surface area contributed by atoms with Gasteiger partial charge in [-0.1, -0.05) is 24.3 Å². The van der Waals surface area contributed by atoms with Crippen LogP contribution >= 0.6 is 11.8 Å². The second kappa shape index (κ2) is 9.55. The van der Waals surface area contributed by atoms with Gasteiger partial charge in [0.05, 0.1) is 0 Å². The molecule has 2 aromatic carbocycles. The van der Waals surface area contributed by atoms with E-state index in [1.165, 1.54) is 34.9 Å². The standard InChI is InChI=1S/C22H23F3N2O2S/c1-30-19-8-3-2-7-18(19)20(27(14-28)17-6-4-5-15(23)13-17)21(29)26-16-9-11-22(24,25)12-10-16/h2-8,13-14,16,20H,9-12H2,1H3,(H,26,29). The summed E-state index contributed by atoms with van der Waals surface area (Å²) in [5.74, 6) is -3.73. The van der Waals surface area contributed by atoms with Gasteiger partial charge in [-0.3, -0.25) is 14.5 Å². The predicted octanol–water partition coefficient (Wildman–Crippen LogP) is 4.95. The highest BCUT2D eigenvalue weighted by molar-refractivity contribution is 7.98. The van der Waals surface area contributed by atoms with Crippen LogP contribution in [-0.2, 0) is 9.59 Å². The number of hydrogen-bond donors (Lipinski definition) is 1. The first-order valence-electron chi connectivity index (χ1n) is 9.65. The molecule has 0 spiro atoms. The van der Waals surface area contributed by atoms with Gasteiger partial charge in [0.1, 0.15) is 11.9 Å². The monoisotopic (exact) mass is 436 g/mol. The molecule has 0 saturated heterocycles. The van der Waals surface area contributed by atoms with Crippen LogP contribution in [0.25, 0.3) is 0 Å². The SMILES string of the molecule is CSc1ccccc1C(C(=O)NC1CCC(F)(F)CC1)N(C=O)c1cccc(F)c1. The lowest BCUT2D eigenvalue weighted by Crippen LogP contribution is -2.46. The van der Waals surface area contributed by atoms with Crippen molar-refractivity contribution in [3.63, 3.8) is 0 Å². The first-order valence-corrected chi connectivity index (χ1v) is 10.9. The van der Waals surface area contributed by atoms with Crippen LogP contribution in [0.15, 0.2) is 53.4 Å². The van der Waals surface area contributed by atoms with Crippen molar-refractivity contribution >= 4 is 29.8 Å². The van der Waals surface area contributed by atoms with Crippen LogP contribution in [-0.4, -0.2) is 30.5 Å². The normalized spacial score (nSPS) is 17.2. The molecule has 1 aliphatic carbocycles. The zero-order valence-corrected chi connectivity index (χ0v) is 17.3. The van der Waals surface area contributed by atoms with Gasteiger partial charge in [0.25, 0.3) is 0 Å². The van der Waals surface area contributed by atoms with Gasteiger partial charge in [0, 0.05) is 29.5 Å². The number of halogens is 3. The maximum Gasteiger partial charge on any atom is 0.248 e. The molecule has 1 aliphatic rings. The quantitative estimate of drug-likeness (QED) is 0.494. The molecule has 1 N–H and O–H groups in total. The molecule has 30 heavy (non-hydrogen) atoms. The number of rotatable bonds is 7. The number of benzene rings is 2. The number of carbonyl (C=O) groups is 2. The average Bonchev–Trinajstić information content (AvgIpc) is 2.73. The summed E-state index contributed by atoms with van der Waals surface area (Å²) in [6.07, 6.45) is 2.10. The number of carbonyl (C=O) groups excluding carboxylic acids is 2. The molecule has 8 heteroatoms. The van der Waals surface area contributed by atoms with Gasteiger partial charge in [-0.25, -0.2) is 13.2 Å². The minimum absolute atomic E-state index is 0.163. The summed E-state index contributed by atoms with van der Waals surface area (Å²) >= 11 is 1.42. The first-order chi connectivity index (χ1) is 14.3. The summed E-state index contributed by atoms with van der Waals surface area (Å²) in [6.45, 7) is 0. The van der Waals surface area contributed by atoms with E-state index in [4.69, 9.17) is 0 Å². The summed E-state index contributed by atoms with van der Waals surface area (Å²) in [6, 6.07) is 11.1. The van der Waals surface area contributed by atoms with Crippen molar-refractivity contribution in [1.82, 2.24) is 5.32 Å². The number of hydrogen-bond acceptors (Lipinski definition) is 3. The zero-order valence-electron chi connectivity index (χ0n) is 16.5. The number of alkyl halides is 2. The smallest absolute Gasteiger partial charge is 0.248 e. The van der Waals surface area contributed by atoms with Crippen molar-refractivity contribution in [3.05, 3.63) is 59.9 Å². The summed E-state index contributed by atoms with van der Waals surface area (Å²) in [7, 11) is 0. The molecular formula is C22H23F3N2O2S. The van der Waals surface area contributed by atoms with Crippen LogP contribution in [0.2, 0.25) is 0 Å². The number of nitrogens with one attached hydrogen (secondary N) is 1.